The van der Waals surface area contributed by atoms with Gasteiger partial charge in [0.05, 0.1) is 24.7 Å². The summed E-state index contributed by atoms with van der Waals surface area (Å²) in [5, 5.41) is 0. The maximum absolute atomic E-state index is 6.03. The highest BCUT2D eigenvalue weighted by Gasteiger charge is 2.12. The average molecular weight is 402 g/mol. The largest absolute Gasteiger partial charge is 0.493 e. The van der Waals surface area contributed by atoms with Crippen molar-refractivity contribution in [3.8, 4) is 17.2 Å². The second kappa shape index (κ2) is 9.35. The SMILES string of the molecule is CCc1ccc(OCCn2c(COc3ccccc3OC)nc3ccccc32)cc1. The molecule has 0 fully saturated rings. The van der Waals surface area contributed by atoms with Crippen LogP contribution in [0.3, 0.4) is 0 Å². The van der Waals surface area contributed by atoms with Crippen molar-refractivity contribution in [2.75, 3.05) is 13.7 Å². The van der Waals surface area contributed by atoms with Crippen LogP contribution in [-0.4, -0.2) is 23.3 Å². The van der Waals surface area contributed by atoms with Gasteiger partial charge in [-0.25, -0.2) is 4.98 Å². The Balaban J connectivity index is 1.49. The quantitative estimate of drug-likeness (QED) is 0.383. The number of hydrogen-bond donors (Lipinski definition) is 0. The van der Waals surface area contributed by atoms with Crippen LogP contribution in [0.1, 0.15) is 18.3 Å². The number of methoxy groups -OCH3 is 1. The molecule has 0 aliphatic rings. The molecule has 0 amide bonds. The summed E-state index contributed by atoms with van der Waals surface area (Å²) in [5.41, 5.74) is 3.32. The van der Waals surface area contributed by atoms with E-state index in [0.717, 1.165) is 29.0 Å². The van der Waals surface area contributed by atoms with E-state index in [0.29, 0.717) is 31.3 Å². The van der Waals surface area contributed by atoms with Crippen molar-refractivity contribution in [2.45, 2.75) is 26.5 Å². The molecule has 5 nitrogen and oxygen atoms in total. The van der Waals surface area contributed by atoms with Gasteiger partial charge >= 0.3 is 0 Å². The third-order valence-electron chi connectivity index (χ3n) is 5.07. The number of nitrogens with zero attached hydrogens (tertiary/aromatic N) is 2. The first-order chi connectivity index (χ1) is 14.8. The first-order valence-corrected chi connectivity index (χ1v) is 10.2. The number of para-hydroxylation sites is 4. The lowest BCUT2D eigenvalue weighted by atomic mass is 10.2. The third kappa shape index (κ3) is 4.40. The van der Waals surface area contributed by atoms with Crippen LogP contribution in [0.4, 0.5) is 0 Å². The molecule has 1 aromatic heterocycles. The Bertz CT molecular complexity index is 1100. The molecule has 0 radical (unpaired) electrons. The zero-order valence-corrected chi connectivity index (χ0v) is 17.4. The third-order valence-corrected chi connectivity index (χ3v) is 5.07. The second-order valence-corrected chi connectivity index (χ2v) is 6.95. The van der Waals surface area contributed by atoms with E-state index >= 15 is 0 Å². The number of aromatic nitrogens is 2. The minimum Gasteiger partial charge on any atom is -0.493 e. The number of aryl methyl sites for hydroxylation is 1. The van der Waals surface area contributed by atoms with E-state index in [1.165, 1.54) is 5.56 Å². The van der Waals surface area contributed by atoms with E-state index < -0.39 is 0 Å². The molecule has 0 bridgehead atoms. The number of hydrogen-bond acceptors (Lipinski definition) is 4. The van der Waals surface area contributed by atoms with Gasteiger partial charge in [-0.1, -0.05) is 43.3 Å². The van der Waals surface area contributed by atoms with Crippen LogP contribution < -0.4 is 14.2 Å². The molecule has 154 valence electrons. The van der Waals surface area contributed by atoms with Crippen molar-refractivity contribution in [3.05, 3.63) is 84.2 Å². The summed E-state index contributed by atoms with van der Waals surface area (Å²) >= 11 is 0. The number of ether oxygens (including phenoxy) is 3. The van der Waals surface area contributed by atoms with Gasteiger partial charge in [-0.3, -0.25) is 0 Å². The van der Waals surface area contributed by atoms with E-state index in [2.05, 4.69) is 29.7 Å². The molecule has 1 heterocycles. The van der Waals surface area contributed by atoms with Crippen LogP contribution in [-0.2, 0) is 19.6 Å². The predicted octanol–water partition coefficient (Wildman–Crippen LogP) is 5.27. The van der Waals surface area contributed by atoms with E-state index in [1.807, 2.05) is 54.6 Å². The fourth-order valence-corrected chi connectivity index (χ4v) is 3.44. The average Bonchev–Trinajstić information content (AvgIpc) is 3.16. The van der Waals surface area contributed by atoms with Crippen LogP contribution in [0.2, 0.25) is 0 Å². The molecule has 3 aromatic carbocycles. The fourth-order valence-electron chi connectivity index (χ4n) is 3.44. The Labute approximate surface area is 176 Å². The zero-order chi connectivity index (χ0) is 20.8. The number of fused-ring (bicyclic) bond motifs is 1. The molecule has 0 unspecified atom stereocenters. The van der Waals surface area contributed by atoms with Gasteiger partial charge in [-0.05, 0) is 48.4 Å². The van der Waals surface area contributed by atoms with Gasteiger partial charge in [0.2, 0.25) is 0 Å². The Morgan fingerprint density at radius 3 is 2.33 bits per heavy atom. The van der Waals surface area contributed by atoms with Gasteiger partial charge < -0.3 is 18.8 Å². The molecule has 0 saturated heterocycles. The summed E-state index contributed by atoms with van der Waals surface area (Å²) < 4.78 is 19.5. The highest BCUT2D eigenvalue weighted by atomic mass is 16.5. The summed E-state index contributed by atoms with van der Waals surface area (Å²) in [6.07, 6.45) is 1.02. The predicted molar refractivity (Wildman–Crippen MR) is 118 cm³/mol. The minimum atomic E-state index is 0.347. The molecule has 0 aliphatic carbocycles. The maximum Gasteiger partial charge on any atom is 0.161 e. The number of rotatable bonds is 9. The second-order valence-electron chi connectivity index (χ2n) is 6.95. The highest BCUT2D eigenvalue weighted by Crippen LogP contribution is 2.27. The number of benzene rings is 3. The molecule has 4 aromatic rings. The Morgan fingerprint density at radius 2 is 1.57 bits per heavy atom. The number of imidazole rings is 1. The summed E-state index contributed by atoms with van der Waals surface area (Å²) in [7, 11) is 1.64. The molecule has 0 atom stereocenters. The summed E-state index contributed by atoms with van der Waals surface area (Å²) in [4.78, 5) is 4.77. The molecule has 5 heteroatoms. The summed E-state index contributed by atoms with van der Waals surface area (Å²) in [6.45, 7) is 3.73. The Kier molecular flexibility index (Phi) is 6.18. The van der Waals surface area contributed by atoms with Crippen LogP contribution in [0, 0.1) is 0 Å². The molecule has 0 aliphatic heterocycles. The lowest BCUT2D eigenvalue weighted by molar-refractivity contribution is 0.262. The molecule has 0 spiro atoms. The Hall–Kier alpha value is -3.47. The van der Waals surface area contributed by atoms with Crippen LogP contribution in [0.5, 0.6) is 17.2 Å². The molecule has 0 N–H and O–H groups in total. The first-order valence-electron chi connectivity index (χ1n) is 10.2. The van der Waals surface area contributed by atoms with E-state index in [9.17, 15) is 0 Å². The molecular formula is C25H26N2O3. The van der Waals surface area contributed by atoms with Crippen molar-refractivity contribution in [2.24, 2.45) is 0 Å². The van der Waals surface area contributed by atoms with Crippen molar-refractivity contribution in [1.82, 2.24) is 9.55 Å². The normalized spacial score (nSPS) is 10.9. The lowest BCUT2D eigenvalue weighted by Gasteiger charge is -2.13. The van der Waals surface area contributed by atoms with Crippen molar-refractivity contribution < 1.29 is 14.2 Å². The van der Waals surface area contributed by atoms with Crippen LogP contribution >= 0.6 is 0 Å². The zero-order valence-electron chi connectivity index (χ0n) is 17.4. The van der Waals surface area contributed by atoms with Gasteiger partial charge in [0, 0.05) is 0 Å². The van der Waals surface area contributed by atoms with Gasteiger partial charge in [-0.2, -0.15) is 0 Å². The first kappa shape index (κ1) is 19.8. The van der Waals surface area contributed by atoms with E-state index in [-0.39, 0.29) is 0 Å². The summed E-state index contributed by atoms with van der Waals surface area (Å²) in [5.74, 6) is 3.14. The van der Waals surface area contributed by atoms with Crippen LogP contribution in [0.15, 0.2) is 72.8 Å². The highest BCUT2D eigenvalue weighted by molar-refractivity contribution is 5.75. The van der Waals surface area contributed by atoms with Crippen LogP contribution in [0.25, 0.3) is 11.0 Å². The van der Waals surface area contributed by atoms with E-state index in [1.54, 1.807) is 7.11 Å². The Morgan fingerprint density at radius 1 is 0.833 bits per heavy atom. The van der Waals surface area contributed by atoms with Crippen molar-refractivity contribution in [3.63, 3.8) is 0 Å². The summed E-state index contributed by atoms with van der Waals surface area (Å²) in [6, 6.07) is 24.0. The molecule has 30 heavy (non-hydrogen) atoms. The maximum atomic E-state index is 6.03. The molecule has 4 rings (SSSR count). The topological polar surface area (TPSA) is 45.5 Å². The van der Waals surface area contributed by atoms with Gasteiger partial charge in [0.25, 0.3) is 0 Å². The standard InChI is InChI=1S/C25H26N2O3/c1-3-19-12-14-20(15-13-19)29-17-16-27-22-9-5-4-8-21(22)26-25(27)18-30-24-11-7-6-10-23(24)28-2/h4-15H,3,16-18H2,1-2H3. The monoisotopic (exact) mass is 402 g/mol. The van der Waals surface area contributed by atoms with Crippen molar-refractivity contribution >= 4 is 11.0 Å². The molecule has 0 saturated carbocycles. The minimum absolute atomic E-state index is 0.347. The lowest BCUT2D eigenvalue weighted by Crippen LogP contribution is -2.13. The fraction of sp³-hybridized carbons (Fsp3) is 0.240. The van der Waals surface area contributed by atoms with Crippen molar-refractivity contribution in [1.29, 1.82) is 0 Å². The van der Waals surface area contributed by atoms with E-state index in [4.69, 9.17) is 19.2 Å². The molecular weight excluding hydrogens is 376 g/mol. The van der Waals surface area contributed by atoms with Gasteiger partial charge in [0.1, 0.15) is 24.8 Å². The van der Waals surface area contributed by atoms with Gasteiger partial charge in [-0.15, -0.1) is 0 Å². The smallest absolute Gasteiger partial charge is 0.161 e. The van der Waals surface area contributed by atoms with Gasteiger partial charge in [0.15, 0.2) is 11.5 Å².